The molecule has 0 amide bonds. The van der Waals surface area contributed by atoms with Crippen molar-refractivity contribution in [2.75, 3.05) is 18.5 Å². The van der Waals surface area contributed by atoms with Crippen molar-refractivity contribution in [3.63, 3.8) is 0 Å². The maximum atomic E-state index is 11.2. The molecule has 18 heavy (non-hydrogen) atoms. The highest BCUT2D eigenvalue weighted by Gasteiger charge is 2.05. The van der Waals surface area contributed by atoms with Crippen LogP contribution in [0.5, 0.6) is 0 Å². The monoisotopic (exact) mass is 248 g/mol. The fourth-order valence-electron chi connectivity index (χ4n) is 1.71. The van der Waals surface area contributed by atoms with E-state index in [1.165, 1.54) is 6.33 Å². The van der Waals surface area contributed by atoms with Gasteiger partial charge in [0.15, 0.2) is 5.65 Å². The first kappa shape index (κ1) is 12.3. The van der Waals surface area contributed by atoms with Gasteiger partial charge in [-0.3, -0.25) is 4.79 Å². The Bertz CT molecular complexity index is 550. The molecule has 6 heteroatoms. The Labute approximate surface area is 105 Å². The number of carbonyl (C=O) groups excluding carboxylic acids is 1. The number of hydrogen-bond acceptors (Lipinski definition) is 5. The third-order valence-corrected chi connectivity index (χ3v) is 2.46. The van der Waals surface area contributed by atoms with E-state index >= 15 is 0 Å². The maximum absolute atomic E-state index is 11.2. The van der Waals surface area contributed by atoms with Gasteiger partial charge in [-0.1, -0.05) is 0 Å². The second kappa shape index (κ2) is 5.48. The number of carbonyl (C=O) groups is 1. The molecule has 0 saturated heterocycles. The maximum Gasteiger partial charge on any atom is 0.307 e. The van der Waals surface area contributed by atoms with E-state index in [0.717, 1.165) is 17.0 Å². The number of ether oxygens (including phenoxy) is 1. The summed E-state index contributed by atoms with van der Waals surface area (Å²) < 4.78 is 6.57. The zero-order chi connectivity index (χ0) is 13.0. The minimum atomic E-state index is -0.201. The fraction of sp³-hybridized carbons (Fsp3) is 0.417. The fourth-order valence-corrected chi connectivity index (χ4v) is 1.71. The molecule has 0 atom stereocenters. The van der Waals surface area contributed by atoms with Crippen LogP contribution in [0.15, 0.2) is 18.5 Å². The summed E-state index contributed by atoms with van der Waals surface area (Å²) in [5.74, 6) is 0.624. The quantitative estimate of drug-likeness (QED) is 0.810. The van der Waals surface area contributed by atoms with E-state index < -0.39 is 0 Å². The van der Waals surface area contributed by atoms with Gasteiger partial charge in [0, 0.05) is 6.54 Å². The number of aryl methyl sites for hydroxylation is 1. The molecule has 2 heterocycles. The van der Waals surface area contributed by atoms with E-state index in [4.69, 9.17) is 4.74 Å². The Hall–Kier alpha value is -2.11. The predicted octanol–water partition coefficient (Wildman–Crippen LogP) is 1.40. The normalized spacial score (nSPS) is 10.6. The van der Waals surface area contributed by atoms with E-state index in [1.54, 1.807) is 11.4 Å². The molecule has 2 aromatic heterocycles. The number of hydrogen-bond donors (Lipinski definition) is 1. The molecule has 0 fully saturated rings. The number of fused-ring (bicyclic) bond motifs is 1. The Kier molecular flexibility index (Phi) is 3.76. The van der Waals surface area contributed by atoms with Gasteiger partial charge in [-0.05, 0) is 31.5 Å². The van der Waals surface area contributed by atoms with Crippen LogP contribution in [-0.2, 0) is 9.53 Å². The number of nitrogens with zero attached hydrogens (tertiary/aromatic N) is 3. The van der Waals surface area contributed by atoms with Crippen molar-refractivity contribution in [2.45, 2.75) is 20.3 Å². The minimum absolute atomic E-state index is 0.201. The van der Waals surface area contributed by atoms with E-state index in [2.05, 4.69) is 15.4 Å². The number of nitrogens with one attached hydrogen (secondary N) is 1. The summed E-state index contributed by atoms with van der Waals surface area (Å²) >= 11 is 0. The molecular formula is C12H16N4O2. The Morgan fingerprint density at radius 1 is 1.50 bits per heavy atom. The van der Waals surface area contributed by atoms with Crippen LogP contribution < -0.4 is 5.32 Å². The molecule has 0 unspecified atom stereocenters. The first-order chi connectivity index (χ1) is 8.70. The van der Waals surface area contributed by atoms with Gasteiger partial charge < -0.3 is 10.1 Å². The van der Waals surface area contributed by atoms with Crippen molar-refractivity contribution in [1.82, 2.24) is 14.6 Å². The third-order valence-electron chi connectivity index (χ3n) is 2.46. The van der Waals surface area contributed by atoms with E-state index in [0.29, 0.717) is 19.6 Å². The summed E-state index contributed by atoms with van der Waals surface area (Å²) in [6, 6.07) is 3.91. The van der Waals surface area contributed by atoms with E-state index in [-0.39, 0.29) is 5.97 Å². The SMILES string of the molecule is CCOC(=O)CCNc1cc(C)cc2ncnn12. The number of esters is 1. The smallest absolute Gasteiger partial charge is 0.307 e. The molecule has 0 spiro atoms. The Balaban J connectivity index is 2.03. The predicted molar refractivity (Wildman–Crippen MR) is 67.5 cm³/mol. The number of rotatable bonds is 5. The number of pyridine rings is 1. The van der Waals surface area contributed by atoms with Crippen molar-refractivity contribution < 1.29 is 9.53 Å². The lowest BCUT2D eigenvalue weighted by Gasteiger charge is -2.08. The van der Waals surface area contributed by atoms with Crippen LogP contribution in [0.2, 0.25) is 0 Å². The lowest BCUT2D eigenvalue weighted by Crippen LogP contribution is -2.13. The molecule has 0 radical (unpaired) electrons. The first-order valence-corrected chi connectivity index (χ1v) is 5.90. The number of anilines is 1. The molecule has 0 aliphatic rings. The zero-order valence-electron chi connectivity index (χ0n) is 10.5. The second-order valence-corrected chi connectivity index (χ2v) is 3.93. The summed E-state index contributed by atoms with van der Waals surface area (Å²) in [6.45, 7) is 4.71. The highest BCUT2D eigenvalue weighted by atomic mass is 16.5. The lowest BCUT2D eigenvalue weighted by atomic mass is 10.3. The van der Waals surface area contributed by atoms with Gasteiger partial charge in [0.1, 0.15) is 12.1 Å². The van der Waals surface area contributed by atoms with E-state index in [1.807, 2.05) is 19.1 Å². The molecule has 6 nitrogen and oxygen atoms in total. The van der Waals surface area contributed by atoms with Gasteiger partial charge in [-0.15, -0.1) is 0 Å². The van der Waals surface area contributed by atoms with Crippen molar-refractivity contribution in [3.05, 3.63) is 24.0 Å². The Morgan fingerprint density at radius 3 is 3.11 bits per heavy atom. The third kappa shape index (κ3) is 2.77. The zero-order valence-corrected chi connectivity index (χ0v) is 10.5. The van der Waals surface area contributed by atoms with Crippen molar-refractivity contribution in [3.8, 4) is 0 Å². The first-order valence-electron chi connectivity index (χ1n) is 5.90. The standard InChI is InChI=1S/C12H16N4O2/c1-3-18-12(17)4-5-13-10-6-9(2)7-11-14-8-15-16(10)11/h6-8,13H,3-5H2,1-2H3. The molecule has 0 saturated carbocycles. The van der Waals surface area contributed by atoms with Crippen molar-refractivity contribution in [2.24, 2.45) is 0 Å². The van der Waals surface area contributed by atoms with Crippen molar-refractivity contribution >= 4 is 17.4 Å². The molecule has 0 aromatic carbocycles. The van der Waals surface area contributed by atoms with Crippen LogP contribution in [0.25, 0.3) is 5.65 Å². The molecular weight excluding hydrogens is 232 g/mol. The highest BCUT2D eigenvalue weighted by molar-refractivity contribution is 5.70. The van der Waals surface area contributed by atoms with Crippen LogP contribution in [0.3, 0.4) is 0 Å². The molecule has 0 aliphatic carbocycles. The van der Waals surface area contributed by atoms with Gasteiger partial charge in [0.05, 0.1) is 13.0 Å². The molecule has 0 aliphatic heterocycles. The average Bonchev–Trinajstić information content (AvgIpc) is 2.77. The molecule has 1 N–H and O–H groups in total. The molecule has 96 valence electrons. The van der Waals surface area contributed by atoms with Gasteiger partial charge >= 0.3 is 5.97 Å². The largest absolute Gasteiger partial charge is 0.466 e. The summed E-state index contributed by atoms with van der Waals surface area (Å²) in [5.41, 5.74) is 1.88. The average molecular weight is 248 g/mol. The van der Waals surface area contributed by atoms with Crippen LogP contribution >= 0.6 is 0 Å². The van der Waals surface area contributed by atoms with E-state index in [9.17, 15) is 4.79 Å². The number of aromatic nitrogens is 3. The summed E-state index contributed by atoms with van der Waals surface area (Å²) in [6.07, 6.45) is 1.84. The van der Waals surface area contributed by atoms with Crippen molar-refractivity contribution in [1.29, 1.82) is 0 Å². The van der Waals surface area contributed by atoms with Crippen LogP contribution in [0.1, 0.15) is 18.9 Å². The second-order valence-electron chi connectivity index (χ2n) is 3.93. The van der Waals surface area contributed by atoms with Gasteiger partial charge in [-0.2, -0.15) is 9.61 Å². The summed E-state index contributed by atoms with van der Waals surface area (Å²) in [4.78, 5) is 15.3. The summed E-state index contributed by atoms with van der Waals surface area (Å²) in [5, 5.41) is 7.28. The topological polar surface area (TPSA) is 68.5 Å². The lowest BCUT2D eigenvalue weighted by molar-refractivity contribution is -0.142. The highest BCUT2D eigenvalue weighted by Crippen LogP contribution is 2.12. The van der Waals surface area contributed by atoms with Crippen LogP contribution in [0, 0.1) is 6.92 Å². The Morgan fingerprint density at radius 2 is 2.33 bits per heavy atom. The summed E-state index contributed by atoms with van der Waals surface area (Å²) in [7, 11) is 0. The molecule has 2 rings (SSSR count). The van der Waals surface area contributed by atoms with Crippen LogP contribution in [0.4, 0.5) is 5.82 Å². The van der Waals surface area contributed by atoms with Crippen LogP contribution in [-0.4, -0.2) is 33.7 Å². The minimum Gasteiger partial charge on any atom is -0.466 e. The molecule has 2 aromatic rings. The molecule has 0 bridgehead atoms. The van der Waals surface area contributed by atoms with Gasteiger partial charge in [0.25, 0.3) is 0 Å². The van der Waals surface area contributed by atoms with Gasteiger partial charge in [0.2, 0.25) is 0 Å². The van der Waals surface area contributed by atoms with Gasteiger partial charge in [-0.25, -0.2) is 4.98 Å².